The molecule has 1 aliphatic rings. The van der Waals surface area contributed by atoms with Crippen LogP contribution < -0.4 is 5.32 Å². The van der Waals surface area contributed by atoms with Crippen LogP contribution in [-0.2, 0) is 6.54 Å². The van der Waals surface area contributed by atoms with Gasteiger partial charge in [-0.1, -0.05) is 36.4 Å². The average Bonchev–Trinajstić information content (AvgIpc) is 2.87. The van der Waals surface area contributed by atoms with Gasteiger partial charge in [0.1, 0.15) is 17.3 Å². The lowest BCUT2D eigenvalue weighted by Gasteiger charge is -2.32. The molecule has 0 aliphatic carbocycles. The Hall–Kier alpha value is -3.71. The molecule has 3 heterocycles. The second-order valence-electron chi connectivity index (χ2n) is 8.23. The van der Waals surface area contributed by atoms with E-state index in [0.29, 0.717) is 24.0 Å². The van der Waals surface area contributed by atoms with Crippen molar-refractivity contribution >= 4 is 11.5 Å². The summed E-state index contributed by atoms with van der Waals surface area (Å²) in [4.78, 5) is 20.4. The molecule has 166 valence electrons. The van der Waals surface area contributed by atoms with Crippen molar-refractivity contribution in [1.82, 2.24) is 24.8 Å². The molecule has 0 spiro atoms. The van der Waals surface area contributed by atoms with Gasteiger partial charge < -0.3 is 5.32 Å². The maximum atomic E-state index is 14.1. The third-order valence-electron chi connectivity index (χ3n) is 5.94. The van der Waals surface area contributed by atoms with E-state index >= 15 is 0 Å². The summed E-state index contributed by atoms with van der Waals surface area (Å²) in [5.74, 6) is 1.46. The number of nitrogens with zero attached hydrogens (tertiary/aromatic N) is 5. The molecule has 0 saturated carbocycles. The van der Waals surface area contributed by atoms with Crippen LogP contribution in [0.3, 0.4) is 0 Å². The van der Waals surface area contributed by atoms with Gasteiger partial charge in [0.25, 0.3) is 0 Å². The van der Waals surface area contributed by atoms with Crippen molar-refractivity contribution in [3.05, 3.63) is 96.3 Å². The normalized spacial score (nSPS) is 14.8. The summed E-state index contributed by atoms with van der Waals surface area (Å²) in [5.41, 5.74) is 3.35. The first-order valence-corrected chi connectivity index (χ1v) is 11.2. The average molecular weight is 441 g/mol. The molecule has 1 aliphatic heterocycles. The highest BCUT2D eigenvalue weighted by atomic mass is 19.1. The third kappa shape index (κ3) is 5.21. The molecule has 0 radical (unpaired) electrons. The van der Waals surface area contributed by atoms with Gasteiger partial charge in [-0.3, -0.25) is 9.88 Å². The van der Waals surface area contributed by atoms with Gasteiger partial charge in [0, 0.05) is 47.9 Å². The fourth-order valence-corrected chi connectivity index (χ4v) is 4.19. The van der Waals surface area contributed by atoms with Gasteiger partial charge in [0.15, 0.2) is 5.82 Å². The Morgan fingerprint density at radius 3 is 2.48 bits per heavy atom. The monoisotopic (exact) mass is 440 g/mol. The Morgan fingerprint density at radius 2 is 1.73 bits per heavy atom. The molecule has 0 unspecified atom stereocenters. The molecule has 0 amide bonds. The first-order chi connectivity index (χ1) is 16.2. The van der Waals surface area contributed by atoms with E-state index in [1.165, 1.54) is 6.07 Å². The summed E-state index contributed by atoms with van der Waals surface area (Å²) in [6.45, 7) is 2.42. The van der Waals surface area contributed by atoms with Crippen molar-refractivity contribution in [1.29, 1.82) is 0 Å². The Balaban J connectivity index is 1.36. The predicted molar refractivity (Wildman–Crippen MR) is 126 cm³/mol. The highest BCUT2D eigenvalue weighted by Gasteiger charge is 2.24. The summed E-state index contributed by atoms with van der Waals surface area (Å²) in [6, 6.07) is 19.0. The van der Waals surface area contributed by atoms with Crippen molar-refractivity contribution in [2.45, 2.75) is 25.3 Å². The number of benzene rings is 2. The van der Waals surface area contributed by atoms with Crippen LogP contribution in [0.1, 0.15) is 30.0 Å². The van der Waals surface area contributed by atoms with E-state index in [1.807, 2.05) is 48.5 Å². The van der Waals surface area contributed by atoms with Crippen LogP contribution in [0.2, 0.25) is 0 Å². The minimum Gasteiger partial charge on any atom is -0.340 e. The molecule has 1 saturated heterocycles. The lowest BCUT2D eigenvalue weighted by molar-refractivity contribution is 0.201. The minimum absolute atomic E-state index is 0.138. The molecular weight excluding hydrogens is 415 g/mol. The summed E-state index contributed by atoms with van der Waals surface area (Å²) in [7, 11) is 0. The number of likely N-dealkylation sites (tertiary alicyclic amines) is 1. The number of hydrogen-bond donors (Lipinski definition) is 1. The summed E-state index contributed by atoms with van der Waals surface area (Å²) in [6.07, 6.45) is 6.88. The fraction of sp³-hybridized carbons (Fsp3) is 0.231. The van der Waals surface area contributed by atoms with E-state index in [1.54, 1.807) is 24.7 Å². The highest BCUT2D eigenvalue weighted by Crippen LogP contribution is 2.31. The lowest BCUT2D eigenvalue weighted by Crippen LogP contribution is -2.33. The topological polar surface area (TPSA) is 66.8 Å². The van der Waals surface area contributed by atoms with Crippen LogP contribution in [0.4, 0.5) is 15.9 Å². The second-order valence-corrected chi connectivity index (χ2v) is 8.23. The SMILES string of the molecule is Fc1ccccc1CN1CCC(c2cc(Nc3ccccc3)nc(-c3cnccn3)n2)CC1. The first kappa shape index (κ1) is 21.2. The molecule has 6 nitrogen and oxygen atoms in total. The summed E-state index contributed by atoms with van der Waals surface area (Å²) < 4.78 is 14.1. The first-order valence-electron chi connectivity index (χ1n) is 11.2. The maximum absolute atomic E-state index is 14.1. The van der Waals surface area contributed by atoms with E-state index in [4.69, 9.17) is 9.97 Å². The third-order valence-corrected chi connectivity index (χ3v) is 5.94. The van der Waals surface area contributed by atoms with Crippen LogP contribution in [0.15, 0.2) is 79.3 Å². The van der Waals surface area contributed by atoms with Gasteiger partial charge in [-0.15, -0.1) is 0 Å². The van der Waals surface area contributed by atoms with E-state index in [9.17, 15) is 4.39 Å². The van der Waals surface area contributed by atoms with E-state index < -0.39 is 0 Å². The van der Waals surface area contributed by atoms with Crippen molar-refractivity contribution in [3.63, 3.8) is 0 Å². The molecule has 5 rings (SSSR count). The zero-order chi connectivity index (χ0) is 22.5. The van der Waals surface area contributed by atoms with Crippen molar-refractivity contribution in [2.75, 3.05) is 18.4 Å². The number of hydrogen-bond acceptors (Lipinski definition) is 6. The number of anilines is 2. The fourth-order valence-electron chi connectivity index (χ4n) is 4.19. The van der Waals surface area contributed by atoms with Crippen LogP contribution in [0.5, 0.6) is 0 Å². The zero-order valence-corrected chi connectivity index (χ0v) is 18.2. The van der Waals surface area contributed by atoms with Crippen molar-refractivity contribution in [2.24, 2.45) is 0 Å². The van der Waals surface area contributed by atoms with Crippen molar-refractivity contribution < 1.29 is 4.39 Å². The van der Waals surface area contributed by atoms with Crippen LogP contribution in [0.25, 0.3) is 11.5 Å². The van der Waals surface area contributed by atoms with Crippen LogP contribution in [0, 0.1) is 5.82 Å². The van der Waals surface area contributed by atoms with Gasteiger partial charge >= 0.3 is 0 Å². The van der Waals surface area contributed by atoms with Crippen LogP contribution >= 0.6 is 0 Å². The lowest BCUT2D eigenvalue weighted by atomic mass is 9.92. The number of aromatic nitrogens is 4. The van der Waals surface area contributed by atoms with E-state index in [0.717, 1.165) is 48.7 Å². The molecule has 4 aromatic rings. The predicted octanol–water partition coefficient (Wildman–Crippen LogP) is 5.20. The maximum Gasteiger partial charge on any atom is 0.182 e. The molecule has 2 aromatic heterocycles. The Bertz CT molecular complexity index is 1190. The Kier molecular flexibility index (Phi) is 6.30. The molecule has 0 bridgehead atoms. The van der Waals surface area contributed by atoms with Crippen LogP contribution in [-0.4, -0.2) is 37.9 Å². The Morgan fingerprint density at radius 1 is 0.939 bits per heavy atom. The largest absolute Gasteiger partial charge is 0.340 e. The van der Waals surface area contributed by atoms with Gasteiger partial charge in [-0.05, 0) is 44.1 Å². The van der Waals surface area contributed by atoms with Crippen molar-refractivity contribution in [3.8, 4) is 11.5 Å². The smallest absolute Gasteiger partial charge is 0.182 e. The molecule has 1 fully saturated rings. The van der Waals surface area contributed by atoms with Gasteiger partial charge in [-0.25, -0.2) is 19.3 Å². The number of para-hydroxylation sites is 1. The molecule has 7 heteroatoms. The minimum atomic E-state index is -0.138. The van der Waals surface area contributed by atoms with Gasteiger partial charge in [0.05, 0.1) is 6.20 Å². The number of piperidine rings is 1. The molecule has 0 atom stereocenters. The van der Waals surface area contributed by atoms with Gasteiger partial charge in [-0.2, -0.15) is 0 Å². The molecule has 1 N–H and O–H groups in total. The van der Waals surface area contributed by atoms with E-state index in [-0.39, 0.29) is 5.82 Å². The summed E-state index contributed by atoms with van der Waals surface area (Å²) >= 11 is 0. The number of halogens is 1. The molecule has 33 heavy (non-hydrogen) atoms. The summed E-state index contributed by atoms with van der Waals surface area (Å²) in [5, 5.41) is 3.39. The Labute approximate surface area is 192 Å². The zero-order valence-electron chi connectivity index (χ0n) is 18.2. The quantitative estimate of drug-likeness (QED) is 0.445. The van der Waals surface area contributed by atoms with E-state index in [2.05, 4.69) is 20.2 Å². The van der Waals surface area contributed by atoms with Gasteiger partial charge in [0.2, 0.25) is 0 Å². The standard InChI is InChI=1S/C26H25FN6/c27-22-9-5-4-6-20(22)18-33-14-10-19(11-15-33)23-16-25(30-21-7-2-1-3-8-21)32-26(31-23)24-17-28-12-13-29-24/h1-9,12-13,16-17,19H,10-11,14-15,18H2,(H,30,31,32). The molecule has 2 aromatic carbocycles. The second kappa shape index (κ2) is 9.83. The highest BCUT2D eigenvalue weighted by molar-refractivity contribution is 5.59. The molecular formula is C26H25FN6. The number of rotatable bonds is 6. The number of nitrogens with one attached hydrogen (secondary N) is 1.